The summed E-state index contributed by atoms with van der Waals surface area (Å²) in [7, 11) is 0. The lowest BCUT2D eigenvalue weighted by Crippen LogP contribution is -2.42. The second-order valence-electron chi connectivity index (χ2n) is 6.93. The van der Waals surface area contributed by atoms with Crippen molar-refractivity contribution in [1.82, 2.24) is 10.6 Å². The van der Waals surface area contributed by atoms with Crippen molar-refractivity contribution in [2.24, 2.45) is 0 Å². The number of carbonyl (C=O) groups is 1. The molecular formula is C15H28N2O2S. The average molecular weight is 300 g/mol. The number of ether oxygens (including phenoxy) is 1. The van der Waals surface area contributed by atoms with Crippen molar-refractivity contribution >= 4 is 17.9 Å². The summed E-state index contributed by atoms with van der Waals surface area (Å²) in [6, 6.07) is 1.48. The topological polar surface area (TPSA) is 50.4 Å². The van der Waals surface area contributed by atoms with E-state index in [1.807, 2.05) is 20.8 Å². The molecule has 1 amide bonds. The molecule has 1 saturated carbocycles. The van der Waals surface area contributed by atoms with E-state index in [0.717, 1.165) is 19.3 Å². The van der Waals surface area contributed by atoms with Crippen LogP contribution < -0.4 is 10.6 Å². The Morgan fingerprint density at radius 2 is 1.90 bits per heavy atom. The fourth-order valence-electron chi connectivity index (χ4n) is 2.94. The van der Waals surface area contributed by atoms with Gasteiger partial charge in [-0.25, -0.2) is 4.79 Å². The van der Waals surface area contributed by atoms with Crippen LogP contribution in [0.2, 0.25) is 0 Å². The molecular weight excluding hydrogens is 272 g/mol. The number of nitrogens with one attached hydrogen (secondary N) is 2. The van der Waals surface area contributed by atoms with Crippen LogP contribution in [0.4, 0.5) is 4.79 Å². The van der Waals surface area contributed by atoms with Gasteiger partial charge in [-0.3, -0.25) is 0 Å². The summed E-state index contributed by atoms with van der Waals surface area (Å²) in [6.07, 6.45) is 5.58. The smallest absolute Gasteiger partial charge is 0.407 e. The van der Waals surface area contributed by atoms with E-state index in [1.165, 1.54) is 24.3 Å². The number of rotatable bonds is 3. The van der Waals surface area contributed by atoms with Crippen molar-refractivity contribution in [3.8, 4) is 0 Å². The van der Waals surface area contributed by atoms with Gasteiger partial charge in [0.1, 0.15) is 5.60 Å². The van der Waals surface area contributed by atoms with Gasteiger partial charge in [-0.2, -0.15) is 11.8 Å². The van der Waals surface area contributed by atoms with Crippen LogP contribution in [0.5, 0.6) is 0 Å². The molecule has 4 nitrogen and oxygen atoms in total. The molecule has 3 atom stereocenters. The number of thioether (sulfide) groups is 1. The second kappa shape index (κ2) is 7.03. The van der Waals surface area contributed by atoms with Gasteiger partial charge in [0.05, 0.1) is 0 Å². The Labute approximate surface area is 126 Å². The highest BCUT2D eigenvalue weighted by Gasteiger charge is 2.29. The van der Waals surface area contributed by atoms with E-state index in [0.29, 0.717) is 12.1 Å². The summed E-state index contributed by atoms with van der Waals surface area (Å²) in [5.41, 5.74) is -0.417. The molecule has 2 rings (SSSR count). The molecule has 1 saturated heterocycles. The summed E-state index contributed by atoms with van der Waals surface area (Å²) in [6.45, 7) is 5.69. The standard InChI is InChI=1S/C15H28N2O2S/c1-15(2,3)19-14(18)17-12-7-6-11(9-12)16-13-5-4-8-20-10-13/h11-13,16H,4-10H2,1-3H3,(H,17,18). The third-order valence-corrected chi connectivity index (χ3v) is 5.00. The van der Waals surface area contributed by atoms with Crippen molar-refractivity contribution in [2.75, 3.05) is 11.5 Å². The molecule has 1 heterocycles. The normalized spacial score (nSPS) is 31.1. The Bertz CT molecular complexity index is 324. The van der Waals surface area contributed by atoms with Crippen molar-refractivity contribution < 1.29 is 9.53 Å². The van der Waals surface area contributed by atoms with Gasteiger partial charge in [0.2, 0.25) is 0 Å². The van der Waals surface area contributed by atoms with Crippen molar-refractivity contribution in [2.45, 2.75) is 76.6 Å². The molecule has 0 bridgehead atoms. The maximum Gasteiger partial charge on any atom is 0.407 e. The molecule has 2 N–H and O–H groups in total. The first-order valence-corrected chi connectivity index (χ1v) is 8.91. The molecule has 3 unspecified atom stereocenters. The Kier molecular flexibility index (Phi) is 5.61. The average Bonchev–Trinajstić information content (AvgIpc) is 2.75. The van der Waals surface area contributed by atoms with E-state index >= 15 is 0 Å². The SMILES string of the molecule is CC(C)(C)OC(=O)NC1CCC(NC2CCCSC2)C1. The Morgan fingerprint density at radius 1 is 1.15 bits per heavy atom. The number of carbonyl (C=O) groups excluding carboxylic acids is 1. The van der Waals surface area contributed by atoms with Gasteiger partial charge >= 0.3 is 6.09 Å². The molecule has 20 heavy (non-hydrogen) atoms. The summed E-state index contributed by atoms with van der Waals surface area (Å²) < 4.78 is 5.31. The number of alkyl carbamates (subject to hydrolysis) is 1. The zero-order chi connectivity index (χ0) is 14.6. The van der Waals surface area contributed by atoms with Gasteiger partial charge in [0, 0.05) is 23.9 Å². The van der Waals surface area contributed by atoms with Gasteiger partial charge in [-0.15, -0.1) is 0 Å². The summed E-state index contributed by atoms with van der Waals surface area (Å²) >= 11 is 2.05. The second-order valence-corrected chi connectivity index (χ2v) is 8.08. The maximum atomic E-state index is 11.8. The minimum Gasteiger partial charge on any atom is -0.444 e. The van der Waals surface area contributed by atoms with Gasteiger partial charge in [0.15, 0.2) is 0 Å². The predicted octanol–water partition coefficient (Wildman–Crippen LogP) is 2.92. The van der Waals surface area contributed by atoms with Gasteiger partial charge in [-0.1, -0.05) is 0 Å². The fraction of sp³-hybridized carbons (Fsp3) is 0.933. The number of hydrogen-bond donors (Lipinski definition) is 2. The highest BCUT2D eigenvalue weighted by atomic mass is 32.2. The predicted molar refractivity (Wildman–Crippen MR) is 84.3 cm³/mol. The quantitative estimate of drug-likeness (QED) is 0.841. The highest BCUT2D eigenvalue weighted by Crippen LogP contribution is 2.23. The monoisotopic (exact) mass is 300 g/mol. The van der Waals surface area contributed by atoms with E-state index in [9.17, 15) is 4.79 Å². The lowest BCUT2D eigenvalue weighted by atomic mass is 10.1. The van der Waals surface area contributed by atoms with Crippen LogP contribution in [0, 0.1) is 0 Å². The fourth-order valence-corrected chi connectivity index (χ4v) is 4.03. The first-order valence-electron chi connectivity index (χ1n) is 7.76. The molecule has 1 aliphatic carbocycles. The molecule has 2 aliphatic rings. The first kappa shape index (κ1) is 16.0. The van der Waals surface area contributed by atoms with E-state index in [2.05, 4.69) is 22.4 Å². The third-order valence-electron chi connectivity index (χ3n) is 3.79. The zero-order valence-electron chi connectivity index (χ0n) is 12.9. The highest BCUT2D eigenvalue weighted by molar-refractivity contribution is 7.99. The van der Waals surface area contributed by atoms with Crippen LogP contribution in [-0.2, 0) is 4.74 Å². The third kappa shape index (κ3) is 5.52. The van der Waals surface area contributed by atoms with Crippen LogP contribution in [-0.4, -0.2) is 41.3 Å². The largest absolute Gasteiger partial charge is 0.444 e. The van der Waals surface area contributed by atoms with Gasteiger partial charge < -0.3 is 15.4 Å². The summed E-state index contributed by atoms with van der Waals surface area (Å²) in [5.74, 6) is 2.55. The lowest BCUT2D eigenvalue weighted by molar-refractivity contribution is 0.0505. The molecule has 0 aromatic carbocycles. The van der Waals surface area contributed by atoms with Crippen molar-refractivity contribution in [3.05, 3.63) is 0 Å². The molecule has 1 aliphatic heterocycles. The minimum absolute atomic E-state index is 0.263. The molecule has 0 aromatic rings. The zero-order valence-corrected chi connectivity index (χ0v) is 13.7. The molecule has 116 valence electrons. The Balaban J connectivity index is 1.68. The Hall–Kier alpha value is -0.420. The maximum absolute atomic E-state index is 11.8. The van der Waals surface area contributed by atoms with E-state index in [4.69, 9.17) is 4.74 Å². The van der Waals surface area contributed by atoms with Crippen molar-refractivity contribution in [3.63, 3.8) is 0 Å². The molecule has 0 spiro atoms. The molecule has 2 fully saturated rings. The van der Waals surface area contributed by atoms with Crippen LogP contribution in [0.15, 0.2) is 0 Å². The van der Waals surface area contributed by atoms with Gasteiger partial charge in [-0.05, 0) is 58.6 Å². The van der Waals surface area contributed by atoms with Crippen LogP contribution in [0.1, 0.15) is 52.9 Å². The number of amides is 1. The molecule has 0 radical (unpaired) electrons. The summed E-state index contributed by atoms with van der Waals surface area (Å²) in [5, 5.41) is 6.75. The van der Waals surface area contributed by atoms with Gasteiger partial charge in [0.25, 0.3) is 0 Å². The summed E-state index contributed by atoms with van der Waals surface area (Å²) in [4.78, 5) is 11.8. The van der Waals surface area contributed by atoms with E-state index in [1.54, 1.807) is 0 Å². The number of hydrogen-bond acceptors (Lipinski definition) is 4. The molecule has 0 aromatic heterocycles. The van der Waals surface area contributed by atoms with Crippen LogP contribution in [0.25, 0.3) is 0 Å². The van der Waals surface area contributed by atoms with Crippen molar-refractivity contribution in [1.29, 1.82) is 0 Å². The minimum atomic E-state index is -0.417. The Morgan fingerprint density at radius 3 is 2.55 bits per heavy atom. The lowest BCUT2D eigenvalue weighted by Gasteiger charge is -2.26. The first-order chi connectivity index (χ1) is 9.42. The van der Waals surface area contributed by atoms with E-state index in [-0.39, 0.29) is 12.1 Å². The van der Waals surface area contributed by atoms with Crippen LogP contribution >= 0.6 is 11.8 Å². The molecule has 5 heteroatoms. The van der Waals surface area contributed by atoms with Crippen LogP contribution in [0.3, 0.4) is 0 Å². The van der Waals surface area contributed by atoms with E-state index < -0.39 is 5.60 Å².